The molecule has 3 rings (SSSR count). The van der Waals surface area contributed by atoms with Crippen molar-refractivity contribution in [1.29, 1.82) is 0 Å². The lowest BCUT2D eigenvalue weighted by molar-refractivity contribution is 0.415. The Balaban J connectivity index is 1.80. The van der Waals surface area contributed by atoms with Crippen LogP contribution in [0.1, 0.15) is 12.8 Å². The van der Waals surface area contributed by atoms with Crippen LogP contribution in [-0.4, -0.2) is 36.2 Å². The highest BCUT2D eigenvalue weighted by atomic mass is 16.5. The summed E-state index contributed by atoms with van der Waals surface area (Å²) in [5, 5.41) is 7.75. The standard InChI is InChI=1S/C14H18N4O/c1-19-12-4-5-13-10(7-12)8-16-14(18-13)17-11-3-2-6-15-9-11/h4-5,7-8,11,15H,2-3,6,9H2,1H3,(H,16,17,18). The second-order valence-electron chi connectivity index (χ2n) is 4.81. The largest absolute Gasteiger partial charge is 0.497 e. The van der Waals surface area contributed by atoms with E-state index >= 15 is 0 Å². The number of ether oxygens (including phenoxy) is 1. The number of aromatic nitrogens is 2. The van der Waals surface area contributed by atoms with E-state index in [-0.39, 0.29) is 0 Å². The summed E-state index contributed by atoms with van der Waals surface area (Å²) in [6.07, 6.45) is 4.20. The molecule has 0 aliphatic carbocycles. The summed E-state index contributed by atoms with van der Waals surface area (Å²) >= 11 is 0. The molecular weight excluding hydrogens is 240 g/mol. The van der Waals surface area contributed by atoms with Crippen molar-refractivity contribution >= 4 is 16.9 Å². The highest BCUT2D eigenvalue weighted by Gasteiger charge is 2.13. The predicted octanol–water partition coefficient (Wildman–Crippen LogP) is 1.80. The van der Waals surface area contributed by atoms with Gasteiger partial charge >= 0.3 is 0 Å². The summed E-state index contributed by atoms with van der Waals surface area (Å²) in [6.45, 7) is 2.08. The Labute approximate surface area is 112 Å². The third-order valence-corrected chi connectivity index (χ3v) is 3.42. The van der Waals surface area contributed by atoms with Crippen molar-refractivity contribution < 1.29 is 4.74 Å². The zero-order chi connectivity index (χ0) is 13.1. The zero-order valence-electron chi connectivity index (χ0n) is 11.0. The molecule has 2 N–H and O–H groups in total. The maximum atomic E-state index is 5.19. The molecule has 1 aromatic carbocycles. The summed E-state index contributed by atoms with van der Waals surface area (Å²) in [5.74, 6) is 1.53. The Morgan fingerprint density at radius 1 is 1.42 bits per heavy atom. The number of nitrogens with one attached hydrogen (secondary N) is 2. The van der Waals surface area contributed by atoms with Gasteiger partial charge < -0.3 is 15.4 Å². The van der Waals surface area contributed by atoms with Gasteiger partial charge in [-0.2, -0.15) is 0 Å². The van der Waals surface area contributed by atoms with Crippen LogP contribution in [0, 0.1) is 0 Å². The minimum atomic E-state index is 0.421. The number of piperidine rings is 1. The van der Waals surface area contributed by atoms with Gasteiger partial charge in [-0.15, -0.1) is 0 Å². The van der Waals surface area contributed by atoms with Crippen molar-refractivity contribution in [3.63, 3.8) is 0 Å². The van der Waals surface area contributed by atoms with Gasteiger partial charge in [0.05, 0.1) is 12.6 Å². The quantitative estimate of drug-likeness (QED) is 0.879. The number of hydrogen-bond donors (Lipinski definition) is 2. The lowest BCUT2D eigenvalue weighted by Gasteiger charge is -2.23. The molecule has 0 saturated carbocycles. The normalized spacial score (nSPS) is 19.3. The maximum absolute atomic E-state index is 5.19. The average molecular weight is 258 g/mol. The van der Waals surface area contributed by atoms with Crippen molar-refractivity contribution in [3.05, 3.63) is 24.4 Å². The molecule has 1 saturated heterocycles. The van der Waals surface area contributed by atoms with E-state index in [0.29, 0.717) is 12.0 Å². The van der Waals surface area contributed by atoms with Crippen molar-refractivity contribution in [2.75, 3.05) is 25.5 Å². The zero-order valence-corrected chi connectivity index (χ0v) is 11.0. The van der Waals surface area contributed by atoms with Gasteiger partial charge in [0, 0.05) is 24.2 Å². The molecule has 2 heterocycles. The molecule has 19 heavy (non-hydrogen) atoms. The molecule has 0 amide bonds. The van der Waals surface area contributed by atoms with Crippen molar-refractivity contribution in [1.82, 2.24) is 15.3 Å². The molecule has 1 atom stereocenters. The molecule has 0 bridgehead atoms. The third kappa shape index (κ3) is 2.76. The van der Waals surface area contributed by atoms with E-state index in [0.717, 1.165) is 36.2 Å². The minimum absolute atomic E-state index is 0.421. The summed E-state index contributed by atoms with van der Waals surface area (Å²) in [6, 6.07) is 6.24. The van der Waals surface area contributed by atoms with Crippen molar-refractivity contribution in [2.45, 2.75) is 18.9 Å². The van der Waals surface area contributed by atoms with Crippen LogP contribution in [0.5, 0.6) is 5.75 Å². The SMILES string of the molecule is COc1ccc2nc(NC3CCCNC3)ncc2c1. The van der Waals surface area contributed by atoms with Crippen molar-refractivity contribution in [3.8, 4) is 5.75 Å². The predicted molar refractivity (Wildman–Crippen MR) is 75.6 cm³/mol. The molecule has 0 radical (unpaired) electrons. The van der Waals surface area contributed by atoms with Gasteiger partial charge in [0.1, 0.15) is 5.75 Å². The van der Waals surface area contributed by atoms with E-state index in [1.807, 2.05) is 24.4 Å². The van der Waals surface area contributed by atoms with Gasteiger partial charge in [0.25, 0.3) is 0 Å². The highest BCUT2D eigenvalue weighted by molar-refractivity contribution is 5.80. The Kier molecular flexibility index (Phi) is 3.46. The van der Waals surface area contributed by atoms with E-state index in [4.69, 9.17) is 4.74 Å². The molecule has 1 aliphatic heterocycles. The number of fused-ring (bicyclic) bond motifs is 1. The molecule has 2 aromatic rings. The molecule has 5 nitrogen and oxygen atoms in total. The first-order valence-corrected chi connectivity index (χ1v) is 6.63. The molecular formula is C14H18N4O. The minimum Gasteiger partial charge on any atom is -0.497 e. The van der Waals surface area contributed by atoms with Crippen molar-refractivity contribution in [2.24, 2.45) is 0 Å². The van der Waals surface area contributed by atoms with Crippen LogP contribution in [0.2, 0.25) is 0 Å². The number of anilines is 1. The Hall–Kier alpha value is -1.88. The molecule has 1 aliphatic rings. The van der Waals surface area contributed by atoms with E-state index in [1.165, 1.54) is 6.42 Å². The van der Waals surface area contributed by atoms with Gasteiger partial charge in [-0.25, -0.2) is 9.97 Å². The van der Waals surface area contributed by atoms with Crippen LogP contribution in [0.25, 0.3) is 10.9 Å². The number of methoxy groups -OCH3 is 1. The third-order valence-electron chi connectivity index (χ3n) is 3.42. The van der Waals surface area contributed by atoms with Crippen LogP contribution in [0.4, 0.5) is 5.95 Å². The number of rotatable bonds is 3. The Morgan fingerprint density at radius 3 is 3.16 bits per heavy atom. The monoisotopic (exact) mass is 258 g/mol. The smallest absolute Gasteiger partial charge is 0.223 e. The second-order valence-corrected chi connectivity index (χ2v) is 4.81. The first-order valence-electron chi connectivity index (χ1n) is 6.63. The molecule has 0 spiro atoms. The summed E-state index contributed by atoms with van der Waals surface area (Å²) in [5.41, 5.74) is 0.932. The van der Waals surface area contributed by atoms with Crippen LogP contribution in [-0.2, 0) is 0 Å². The number of hydrogen-bond acceptors (Lipinski definition) is 5. The average Bonchev–Trinajstić information content (AvgIpc) is 2.48. The lowest BCUT2D eigenvalue weighted by atomic mass is 10.1. The first-order chi connectivity index (χ1) is 9.35. The molecule has 1 fully saturated rings. The summed E-state index contributed by atoms with van der Waals surface area (Å²) in [4.78, 5) is 8.91. The molecule has 5 heteroatoms. The van der Waals surface area contributed by atoms with Crippen LogP contribution in [0.15, 0.2) is 24.4 Å². The summed E-state index contributed by atoms with van der Waals surface area (Å²) < 4.78 is 5.19. The highest BCUT2D eigenvalue weighted by Crippen LogP contribution is 2.20. The number of benzene rings is 1. The topological polar surface area (TPSA) is 59.1 Å². The molecule has 100 valence electrons. The molecule has 1 aromatic heterocycles. The van der Waals surface area contributed by atoms with E-state index in [2.05, 4.69) is 20.6 Å². The van der Waals surface area contributed by atoms with Crippen LogP contribution < -0.4 is 15.4 Å². The van der Waals surface area contributed by atoms with E-state index in [1.54, 1.807) is 7.11 Å². The number of nitrogens with zero attached hydrogens (tertiary/aromatic N) is 2. The van der Waals surface area contributed by atoms with E-state index in [9.17, 15) is 0 Å². The lowest BCUT2D eigenvalue weighted by Crippen LogP contribution is -2.38. The van der Waals surface area contributed by atoms with Gasteiger partial charge in [-0.05, 0) is 37.6 Å². The van der Waals surface area contributed by atoms with Crippen LogP contribution >= 0.6 is 0 Å². The van der Waals surface area contributed by atoms with Crippen LogP contribution in [0.3, 0.4) is 0 Å². The fourth-order valence-corrected chi connectivity index (χ4v) is 2.37. The fraction of sp³-hybridized carbons (Fsp3) is 0.429. The Morgan fingerprint density at radius 2 is 2.37 bits per heavy atom. The van der Waals surface area contributed by atoms with Gasteiger partial charge in [0.2, 0.25) is 5.95 Å². The first kappa shape index (κ1) is 12.2. The summed E-state index contributed by atoms with van der Waals surface area (Å²) in [7, 11) is 1.66. The maximum Gasteiger partial charge on any atom is 0.223 e. The molecule has 1 unspecified atom stereocenters. The van der Waals surface area contributed by atoms with Gasteiger partial charge in [0.15, 0.2) is 0 Å². The van der Waals surface area contributed by atoms with E-state index < -0.39 is 0 Å². The van der Waals surface area contributed by atoms with Gasteiger partial charge in [-0.3, -0.25) is 0 Å². The van der Waals surface area contributed by atoms with Gasteiger partial charge in [-0.1, -0.05) is 0 Å². The fourth-order valence-electron chi connectivity index (χ4n) is 2.37. The Bertz CT molecular complexity index is 566. The second kappa shape index (κ2) is 5.40.